The van der Waals surface area contributed by atoms with Crippen LogP contribution in [0.15, 0.2) is 24.3 Å². The van der Waals surface area contributed by atoms with Crippen LogP contribution in [0.5, 0.6) is 0 Å². The Labute approximate surface area is 312 Å². The number of carbonyl (C=O) groups is 1. The highest BCUT2D eigenvalue weighted by Gasteiger charge is 2.26. The van der Waals surface area contributed by atoms with Gasteiger partial charge in [-0.1, -0.05) is 199 Å². The van der Waals surface area contributed by atoms with Crippen LogP contribution in [0.25, 0.3) is 0 Å². The molecule has 1 amide bonds. The monoisotopic (exact) mass is 706 g/mol. The summed E-state index contributed by atoms with van der Waals surface area (Å²) in [5.74, 6) is -0.156. The SMILES string of the molecule is CCCCCC/C=C/CC/C=C/CCCC(O)C(O)C(CO)NC(=O)CCCCCCCCCCCCCCCCCCCCCCCCC. The van der Waals surface area contributed by atoms with Gasteiger partial charge in [0.05, 0.1) is 18.8 Å². The Morgan fingerprint density at radius 2 is 0.820 bits per heavy atom. The van der Waals surface area contributed by atoms with Crippen molar-refractivity contribution in [3.05, 3.63) is 24.3 Å². The summed E-state index contributed by atoms with van der Waals surface area (Å²) in [6.45, 7) is 4.15. The molecule has 0 radical (unpaired) electrons. The fourth-order valence-electron chi connectivity index (χ4n) is 6.83. The maximum Gasteiger partial charge on any atom is 0.220 e. The number of hydrogen-bond acceptors (Lipinski definition) is 4. The van der Waals surface area contributed by atoms with E-state index in [9.17, 15) is 20.1 Å². The molecule has 0 rings (SSSR count). The Hall–Kier alpha value is -1.17. The molecule has 0 aliphatic rings. The number of unbranched alkanes of at least 4 members (excludes halogenated alkanes) is 28. The Bertz CT molecular complexity index is 739. The first-order chi connectivity index (χ1) is 24.6. The van der Waals surface area contributed by atoms with Crippen LogP contribution in [0, 0.1) is 0 Å². The molecule has 0 aromatic heterocycles. The number of carbonyl (C=O) groups excluding carboxylic acids is 1. The average molecular weight is 706 g/mol. The molecule has 0 aliphatic carbocycles. The van der Waals surface area contributed by atoms with Gasteiger partial charge in [0.1, 0.15) is 6.10 Å². The van der Waals surface area contributed by atoms with Crippen LogP contribution in [0.4, 0.5) is 0 Å². The highest BCUT2D eigenvalue weighted by atomic mass is 16.3. The Kier molecular flexibility index (Phi) is 39.6. The van der Waals surface area contributed by atoms with Crippen molar-refractivity contribution >= 4 is 5.91 Å². The summed E-state index contributed by atoms with van der Waals surface area (Å²) < 4.78 is 0. The molecule has 0 saturated carbocycles. The lowest BCUT2D eigenvalue weighted by molar-refractivity contribution is -0.124. The summed E-state index contributed by atoms with van der Waals surface area (Å²) in [6.07, 6.45) is 48.7. The highest BCUT2D eigenvalue weighted by molar-refractivity contribution is 5.76. The van der Waals surface area contributed by atoms with Gasteiger partial charge in [0, 0.05) is 6.42 Å². The van der Waals surface area contributed by atoms with Crippen molar-refractivity contribution in [2.24, 2.45) is 0 Å². The van der Waals surface area contributed by atoms with E-state index in [0.29, 0.717) is 12.8 Å². The third-order valence-electron chi connectivity index (χ3n) is 10.3. The van der Waals surface area contributed by atoms with E-state index in [0.717, 1.165) is 44.9 Å². The lowest BCUT2D eigenvalue weighted by atomic mass is 10.0. The Morgan fingerprint density at radius 1 is 0.480 bits per heavy atom. The minimum Gasteiger partial charge on any atom is -0.394 e. The van der Waals surface area contributed by atoms with Gasteiger partial charge in [-0.2, -0.15) is 0 Å². The number of rotatable bonds is 40. The van der Waals surface area contributed by atoms with Gasteiger partial charge >= 0.3 is 0 Å². The van der Waals surface area contributed by atoms with Crippen molar-refractivity contribution < 1.29 is 20.1 Å². The third kappa shape index (κ3) is 35.2. The number of allylic oxidation sites excluding steroid dienone is 4. The minimum absolute atomic E-state index is 0.156. The molecule has 0 aromatic carbocycles. The van der Waals surface area contributed by atoms with Crippen molar-refractivity contribution in [1.29, 1.82) is 0 Å². The zero-order valence-corrected chi connectivity index (χ0v) is 33.5. The van der Waals surface area contributed by atoms with Gasteiger partial charge in [-0.25, -0.2) is 0 Å². The number of nitrogens with one attached hydrogen (secondary N) is 1. The maximum atomic E-state index is 12.4. The molecule has 0 bridgehead atoms. The molecule has 5 nitrogen and oxygen atoms in total. The van der Waals surface area contributed by atoms with Crippen LogP contribution in [0.2, 0.25) is 0 Å². The van der Waals surface area contributed by atoms with E-state index in [1.54, 1.807) is 0 Å². The molecule has 0 saturated heterocycles. The molecule has 50 heavy (non-hydrogen) atoms. The molecule has 4 N–H and O–H groups in total. The van der Waals surface area contributed by atoms with Crippen LogP contribution in [0.3, 0.4) is 0 Å². The second-order valence-electron chi connectivity index (χ2n) is 15.2. The molecular formula is C45H87NO4. The molecule has 3 atom stereocenters. The van der Waals surface area contributed by atoms with Gasteiger partial charge < -0.3 is 20.6 Å². The first-order valence-electron chi connectivity index (χ1n) is 22.1. The summed E-state index contributed by atoms with van der Waals surface area (Å²) in [6, 6.07) is -0.827. The third-order valence-corrected chi connectivity index (χ3v) is 10.3. The molecule has 5 heteroatoms. The summed E-state index contributed by atoms with van der Waals surface area (Å²) in [4.78, 5) is 12.4. The van der Waals surface area contributed by atoms with Gasteiger partial charge in [0.25, 0.3) is 0 Å². The van der Waals surface area contributed by atoms with Crippen molar-refractivity contribution in [2.45, 2.75) is 250 Å². The van der Waals surface area contributed by atoms with Crippen LogP contribution < -0.4 is 5.32 Å². The zero-order valence-electron chi connectivity index (χ0n) is 33.5. The van der Waals surface area contributed by atoms with Crippen molar-refractivity contribution in [3.8, 4) is 0 Å². The highest BCUT2D eigenvalue weighted by Crippen LogP contribution is 2.16. The molecule has 3 unspecified atom stereocenters. The van der Waals surface area contributed by atoms with Crippen molar-refractivity contribution in [1.82, 2.24) is 5.32 Å². The topological polar surface area (TPSA) is 89.8 Å². The van der Waals surface area contributed by atoms with Crippen molar-refractivity contribution in [2.75, 3.05) is 6.61 Å². The summed E-state index contributed by atoms with van der Waals surface area (Å²) in [5, 5.41) is 33.4. The van der Waals surface area contributed by atoms with Gasteiger partial charge in [-0.15, -0.1) is 0 Å². The average Bonchev–Trinajstić information content (AvgIpc) is 3.12. The molecule has 0 aliphatic heterocycles. The van der Waals surface area contributed by atoms with E-state index in [1.807, 2.05) is 0 Å². The van der Waals surface area contributed by atoms with E-state index in [1.165, 1.54) is 161 Å². The molecule has 0 heterocycles. The fraction of sp³-hybridized carbons (Fsp3) is 0.889. The zero-order chi connectivity index (χ0) is 36.6. The van der Waals surface area contributed by atoms with Crippen LogP contribution in [-0.2, 0) is 4.79 Å². The second-order valence-corrected chi connectivity index (χ2v) is 15.2. The predicted octanol–water partition coefficient (Wildman–Crippen LogP) is 12.6. The predicted molar refractivity (Wildman–Crippen MR) is 218 cm³/mol. The summed E-state index contributed by atoms with van der Waals surface area (Å²) >= 11 is 0. The fourth-order valence-corrected chi connectivity index (χ4v) is 6.83. The van der Waals surface area contributed by atoms with Gasteiger partial charge in [-0.3, -0.25) is 4.79 Å². The second kappa shape index (κ2) is 40.6. The molecule has 0 spiro atoms. The minimum atomic E-state index is -1.16. The van der Waals surface area contributed by atoms with E-state index in [2.05, 4.69) is 43.5 Å². The standard InChI is InChI=1S/C45H87NO4/c1-3-5-7-9-11-13-15-17-18-19-20-21-22-23-24-25-26-28-30-32-34-36-38-40-44(49)46-42(41-47)45(50)43(48)39-37-35-33-31-29-27-16-14-12-10-8-6-4-2/h14,16,31,33,42-43,45,47-48,50H,3-13,15,17-30,32,34-41H2,1-2H3,(H,46,49)/b16-14+,33-31+. The van der Waals surface area contributed by atoms with Gasteiger partial charge in [0.2, 0.25) is 5.91 Å². The largest absolute Gasteiger partial charge is 0.394 e. The molecular weight excluding hydrogens is 618 g/mol. The summed E-state index contributed by atoms with van der Waals surface area (Å²) in [7, 11) is 0. The van der Waals surface area contributed by atoms with Gasteiger partial charge in [-0.05, 0) is 51.4 Å². The lowest BCUT2D eigenvalue weighted by Gasteiger charge is -2.26. The van der Waals surface area contributed by atoms with Crippen LogP contribution in [-0.4, -0.2) is 46.1 Å². The van der Waals surface area contributed by atoms with Crippen LogP contribution in [0.1, 0.15) is 232 Å². The number of aliphatic hydroxyl groups excluding tert-OH is 3. The quantitative estimate of drug-likeness (QED) is 0.0377. The maximum absolute atomic E-state index is 12.4. The van der Waals surface area contributed by atoms with Crippen molar-refractivity contribution in [3.63, 3.8) is 0 Å². The molecule has 296 valence electrons. The number of hydrogen-bond donors (Lipinski definition) is 4. The number of aliphatic hydroxyl groups is 3. The molecule has 0 aromatic rings. The van der Waals surface area contributed by atoms with E-state index >= 15 is 0 Å². The smallest absolute Gasteiger partial charge is 0.220 e. The first-order valence-corrected chi connectivity index (χ1v) is 22.1. The number of amides is 1. The Balaban J connectivity index is 3.60. The van der Waals surface area contributed by atoms with Crippen LogP contribution >= 0.6 is 0 Å². The van der Waals surface area contributed by atoms with E-state index in [4.69, 9.17) is 0 Å². The first kappa shape index (κ1) is 48.8. The van der Waals surface area contributed by atoms with Gasteiger partial charge in [0.15, 0.2) is 0 Å². The Morgan fingerprint density at radius 3 is 1.22 bits per heavy atom. The van der Waals surface area contributed by atoms with E-state index in [-0.39, 0.29) is 12.5 Å². The molecule has 0 fully saturated rings. The summed E-state index contributed by atoms with van der Waals surface area (Å²) in [5.41, 5.74) is 0. The lowest BCUT2D eigenvalue weighted by Crippen LogP contribution is -2.50. The van der Waals surface area contributed by atoms with E-state index < -0.39 is 18.2 Å². The normalized spacial score (nSPS) is 13.8.